The second-order valence-corrected chi connectivity index (χ2v) is 13.7. The molecule has 43 heavy (non-hydrogen) atoms. The zero-order valence-electron chi connectivity index (χ0n) is 25.3. The van der Waals surface area contributed by atoms with E-state index in [9.17, 15) is 18.0 Å². The van der Waals surface area contributed by atoms with E-state index < -0.39 is 40.0 Å². The molecule has 1 unspecified atom stereocenters. The highest BCUT2D eigenvalue weighted by atomic mass is 35.5. The standard InChI is InChI=1S/C31H37Cl2N3O6S/c1-20-11-14-23(15-12-20)43(39,40)36(22-13-16-27(41-6)28(17-22)42-7)19-29(37)35(21(2)30(38)34-31(3,4)5)18-24-25(32)9-8-10-26(24)33/h8-17,21H,18-19H2,1-7H3,(H,34,38). The molecule has 232 valence electrons. The molecule has 0 aliphatic heterocycles. The summed E-state index contributed by atoms with van der Waals surface area (Å²) in [6, 6.07) is 14.8. The van der Waals surface area contributed by atoms with Gasteiger partial charge in [-0.25, -0.2) is 8.42 Å². The van der Waals surface area contributed by atoms with Gasteiger partial charge in [0, 0.05) is 33.8 Å². The predicted molar refractivity (Wildman–Crippen MR) is 170 cm³/mol. The summed E-state index contributed by atoms with van der Waals surface area (Å²) in [4.78, 5) is 28.7. The van der Waals surface area contributed by atoms with Crippen LogP contribution in [0.3, 0.4) is 0 Å². The van der Waals surface area contributed by atoms with Gasteiger partial charge in [0.25, 0.3) is 10.0 Å². The van der Waals surface area contributed by atoms with Crippen molar-refractivity contribution in [3.8, 4) is 11.5 Å². The predicted octanol–water partition coefficient (Wildman–Crippen LogP) is 5.85. The van der Waals surface area contributed by atoms with Crippen LogP contribution < -0.4 is 19.1 Å². The number of amides is 2. The van der Waals surface area contributed by atoms with E-state index in [0.29, 0.717) is 21.4 Å². The summed E-state index contributed by atoms with van der Waals surface area (Å²) in [5, 5.41) is 3.49. The van der Waals surface area contributed by atoms with Crippen molar-refractivity contribution in [2.45, 2.75) is 57.6 Å². The Morgan fingerprint density at radius 1 is 0.930 bits per heavy atom. The van der Waals surface area contributed by atoms with Gasteiger partial charge in [0.15, 0.2) is 11.5 Å². The molecule has 0 aromatic heterocycles. The van der Waals surface area contributed by atoms with Crippen LogP contribution in [0.2, 0.25) is 10.0 Å². The first-order valence-electron chi connectivity index (χ1n) is 13.4. The first-order valence-corrected chi connectivity index (χ1v) is 15.6. The lowest BCUT2D eigenvalue weighted by Crippen LogP contribution is -2.54. The number of nitrogens with one attached hydrogen (secondary N) is 1. The van der Waals surface area contributed by atoms with E-state index >= 15 is 0 Å². The molecule has 0 heterocycles. The average Bonchev–Trinajstić information content (AvgIpc) is 2.94. The molecule has 2 amide bonds. The van der Waals surface area contributed by atoms with E-state index in [1.165, 1.54) is 43.4 Å². The Morgan fingerprint density at radius 2 is 1.51 bits per heavy atom. The van der Waals surface area contributed by atoms with Gasteiger partial charge in [-0.3, -0.25) is 13.9 Å². The number of carbonyl (C=O) groups excluding carboxylic acids is 2. The number of sulfonamides is 1. The van der Waals surface area contributed by atoms with Crippen molar-refractivity contribution in [2.75, 3.05) is 25.1 Å². The highest BCUT2D eigenvalue weighted by molar-refractivity contribution is 7.92. The number of anilines is 1. The number of benzene rings is 3. The van der Waals surface area contributed by atoms with Gasteiger partial charge in [-0.2, -0.15) is 0 Å². The van der Waals surface area contributed by atoms with Gasteiger partial charge in [0.05, 0.1) is 24.8 Å². The Kier molecular flexibility index (Phi) is 11.0. The van der Waals surface area contributed by atoms with Crippen molar-refractivity contribution in [2.24, 2.45) is 0 Å². The van der Waals surface area contributed by atoms with Crippen LogP contribution in [0.25, 0.3) is 0 Å². The number of ether oxygens (including phenoxy) is 2. The third kappa shape index (κ3) is 8.34. The van der Waals surface area contributed by atoms with Crippen molar-refractivity contribution in [3.05, 3.63) is 81.8 Å². The maximum absolute atomic E-state index is 14.2. The summed E-state index contributed by atoms with van der Waals surface area (Å²) in [7, 11) is -1.38. The highest BCUT2D eigenvalue weighted by Crippen LogP contribution is 2.34. The molecule has 1 N–H and O–H groups in total. The van der Waals surface area contributed by atoms with Crippen LogP contribution in [0.4, 0.5) is 5.69 Å². The van der Waals surface area contributed by atoms with Gasteiger partial charge in [-0.15, -0.1) is 0 Å². The fourth-order valence-corrected chi connectivity index (χ4v) is 6.18. The van der Waals surface area contributed by atoms with Crippen LogP contribution in [-0.4, -0.2) is 57.5 Å². The fourth-order valence-electron chi connectivity index (χ4n) is 4.26. The number of methoxy groups -OCH3 is 2. The van der Waals surface area contributed by atoms with Gasteiger partial charge in [-0.1, -0.05) is 47.0 Å². The number of hydrogen-bond donors (Lipinski definition) is 1. The molecule has 3 aromatic rings. The van der Waals surface area contributed by atoms with E-state index in [2.05, 4.69) is 5.32 Å². The van der Waals surface area contributed by atoms with Crippen molar-refractivity contribution in [3.63, 3.8) is 0 Å². The highest BCUT2D eigenvalue weighted by Gasteiger charge is 2.34. The monoisotopic (exact) mass is 649 g/mol. The number of hydrogen-bond acceptors (Lipinski definition) is 6. The Morgan fingerprint density at radius 3 is 2.05 bits per heavy atom. The minimum absolute atomic E-state index is 0.0140. The molecule has 12 heteroatoms. The SMILES string of the molecule is COc1ccc(N(CC(=O)N(Cc2c(Cl)cccc2Cl)C(C)C(=O)NC(C)(C)C)S(=O)(=O)c2ccc(C)cc2)cc1OC. The number of nitrogens with zero attached hydrogens (tertiary/aromatic N) is 2. The summed E-state index contributed by atoms with van der Waals surface area (Å²) >= 11 is 12.9. The van der Waals surface area contributed by atoms with Gasteiger partial charge in [0.1, 0.15) is 12.6 Å². The van der Waals surface area contributed by atoms with Crippen LogP contribution in [0, 0.1) is 6.92 Å². The van der Waals surface area contributed by atoms with Gasteiger partial charge in [0.2, 0.25) is 11.8 Å². The first kappa shape index (κ1) is 34.0. The van der Waals surface area contributed by atoms with E-state index in [0.717, 1.165) is 9.87 Å². The smallest absolute Gasteiger partial charge is 0.264 e. The number of rotatable bonds is 11. The molecule has 1 atom stereocenters. The largest absolute Gasteiger partial charge is 0.493 e. The molecule has 3 rings (SSSR count). The van der Waals surface area contributed by atoms with E-state index in [4.69, 9.17) is 32.7 Å². The Balaban J connectivity index is 2.14. The lowest BCUT2D eigenvalue weighted by atomic mass is 10.1. The Labute approximate surface area is 263 Å². The molecule has 0 saturated heterocycles. The third-order valence-electron chi connectivity index (χ3n) is 6.60. The van der Waals surface area contributed by atoms with Crippen molar-refractivity contribution < 1.29 is 27.5 Å². The number of aryl methyl sites for hydroxylation is 1. The summed E-state index contributed by atoms with van der Waals surface area (Å²) in [6.07, 6.45) is 0. The molecule has 0 fully saturated rings. The Hall–Kier alpha value is -3.47. The van der Waals surface area contributed by atoms with E-state index in [1.807, 2.05) is 27.7 Å². The van der Waals surface area contributed by atoms with Crippen LogP contribution in [0.1, 0.15) is 38.8 Å². The lowest BCUT2D eigenvalue weighted by Gasteiger charge is -2.34. The summed E-state index contributed by atoms with van der Waals surface area (Å²) in [5.41, 5.74) is 0.875. The summed E-state index contributed by atoms with van der Waals surface area (Å²) in [5.74, 6) is -0.428. The Bertz CT molecular complexity index is 1550. The van der Waals surface area contributed by atoms with Gasteiger partial charge in [-0.05, 0) is 71.0 Å². The molecule has 9 nitrogen and oxygen atoms in total. The quantitative estimate of drug-likeness (QED) is 0.280. The molecular formula is C31H37Cl2N3O6S. The fraction of sp³-hybridized carbons (Fsp3) is 0.355. The molecule has 0 aliphatic carbocycles. The maximum Gasteiger partial charge on any atom is 0.264 e. The third-order valence-corrected chi connectivity index (χ3v) is 9.09. The first-order chi connectivity index (χ1) is 20.1. The average molecular weight is 651 g/mol. The zero-order chi connectivity index (χ0) is 32.1. The van der Waals surface area contributed by atoms with E-state index in [-0.39, 0.29) is 22.9 Å². The number of carbonyl (C=O) groups is 2. The van der Waals surface area contributed by atoms with Crippen molar-refractivity contribution in [1.29, 1.82) is 0 Å². The number of halogens is 2. The molecule has 3 aromatic carbocycles. The minimum Gasteiger partial charge on any atom is -0.493 e. The summed E-state index contributed by atoms with van der Waals surface area (Å²) in [6.45, 7) is 8.10. The molecule has 0 bridgehead atoms. The molecule has 0 spiro atoms. The normalized spacial score (nSPS) is 12.3. The van der Waals surface area contributed by atoms with Crippen molar-refractivity contribution in [1.82, 2.24) is 10.2 Å². The molecule has 0 aliphatic rings. The van der Waals surface area contributed by atoms with Crippen molar-refractivity contribution >= 4 is 50.7 Å². The van der Waals surface area contributed by atoms with Gasteiger partial charge < -0.3 is 19.7 Å². The topological polar surface area (TPSA) is 105 Å². The second-order valence-electron chi connectivity index (χ2n) is 11.0. The molecule has 0 saturated carbocycles. The van der Waals surface area contributed by atoms with Crippen LogP contribution >= 0.6 is 23.2 Å². The lowest BCUT2D eigenvalue weighted by molar-refractivity contribution is -0.140. The van der Waals surface area contributed by atoms with Gasteiger partial charge >= 0.3 is 0 Å². The minimum atomic E-state index is -4.27. The maximum atomic E-state index is 14.2. The zero-order valence-corrected chi connectivity index (χ0v) is 27.6. The molecule has 0 radical (unpaired) electrons. The summed E-state index contributed by atoms with van der Waals surface area (Å²) < 4.78 is 39.9. The molecular weight excluding hydrogens is 613 g/mol. The van der Waals surface area contributed by atoms with Crippen LogP contribution in [0.5, 0.6) is 11.5 Å². The second kappa shape index (κ2) is 13.9. The van der Waals surface area contributed by atoms with E-state index in [1.54, 1.807) is 43.3 Å². The van der Waals surface area contributed by atoms with Crippen LogP contribution in [-0.2, 0) is 26.2 Å². The van der Waals surface area contributed by atoms with Crippen LogP contribution in [0.15, 0.2) is 65.6 Å².